The Morgan fingerprint density at radius 2 is 0.459 bits per heavy atom. The molecule has 0 unspecified atom stereocenters. The molecule has 0 fully saturated rings. The molecule has 0 bridgehead atoms. The lowest BCUT2D eigenvalue weighted by Gasteiger charge is -2.29. The highest BCUT2D eigenvalue weighted by atomic mass is 15.1. The second kappa shape index (κ2) is 28.4. The molecule has 15 aromatic carbocycles. The Balaban J connectivity index is 0.000000169. The van der Waals surface area contributed by atoms with E-state index in [1.165, 1.54) is 144 Å². The maximum absolute atomic E-state index is 2.40. The fourth-order valence-corrected chi connectivity index (χ4v) is 14.0. The third kappa shape index (κ3) is 14.1. The molecule has 0 aliphatic heterocycles. The maximum Gasteiger partial charge on any atom is 0.0540 e. The molecule has 0 heterocycles. The number of aryl methyl sites for hydroxylation is 8. The first-order valence-electron chi connectivity index (χ1n) is 34.3. The average molecular weight is 1260 g/mol. The topological polar surface area (TPSA) is 6.48 Å². The smallest absolute Gasteiger partial charge is 0.0540 e. The van der Waals surface area contributed by atoms with E-state index in [1.807, 2.05) is 0 Å². The van der Waals surface area contributed by atoms with Crippen LogP contribution in [-0.4, -0.2) is 0 Å². The van der Waals surface area contributed by atoms with Crippen LogP contribution in [-0.2, 0) is 0 Å². The van der Waals surface area contributed by atoms with Crippen LogP contribution >= 0.6 is 0 Å². The molecule has 0 amide bonds. The normalized spacial score (nSPS) is 11.6. The number of benzene rings is 15. The van der Waals surface area contributed by atoms with E-state index in [-0.39, 0.29) is 11.8 Å². The van der Waals surface area contributed by atoms with Crippen molar-refractivity contribution >= 4 is 90.7 Å². The molecule has 0 saturated carbocycles. The molecule has 2 heteroatoms. The van der Waals surface area contributed by atoms with Gasteiger partial charge >= 0.3 is 0 Å². The summed E-state index contributed by atoms with van der Waals surface area (Å²) in [4.78, 5) is 4.80. The van der Waals surface area contributed by atoms with E-state index in [9.17, 15) is 0 Å². The standard InChI is InChI=1S/C52H46.C44H36N2/c1-37-9-5-13-47(33-37)51(48-14-6-10-38(2)34-48)45-29-25-43(26-30-45)23-21-41-17-19-42(20-18-41)22-24-44-27-31-46(32-28-44)52(49-15-7-11-39(3)35-49)50-16-8-12-40(4)36-50;1-29-5-17-35(18-6-29)45(36-19-7-30(2)8-20-36)41-27-15-33-14-26-40-42(28-16-34-13-25-39(41)43(33)44(34)40)46(37-21-9-31(3)10-22-37)38-23-11-32(4)12-24-38/h5-36,51-52H,1-4H3;5-28H,1-4H3/b23-21+,24-22+;. The van der Waals surface area contributed by atoms with E-state index < -0.39 is 0 Å². The first-order valence-corrected chi connectivity index (χ1v) is 34.3. The fourth-order valence-electron chi connectivity index (χ4n) is 14.0. The summed E-state index contributed by atoms with van der Waals surface area (Å²) in [7, 11) is 0. The molecule has 98 heavy (non-hydrogen) atoms. The first-order chi connectivity index (χ1) is 47.8. The van der Waals surface area contributed by atoms with Gasteiger partial charge in [0.15, 0.2) is 0 Å². The van der Waals surface area contributed by atoms with Crippen molar-refractivity contribution in [2.45, 2.75) is 67.2 Å². The summed E-state index contributed by atoms with van der Waals surface area (Å²) in [5.74, 6) is 0.399. The Morgan fingerprint density at radius 1 is 0.214 bits per heavy atom. The summed E-state index contributed by atoms with van der Waals surface area (Å²) in [5, 5.41) is 7.58. The minimum absolute atomic E-state index is 0.200. The van der Waals surface area contributed by atoms with Gasteiger partial charge in [0.25, 0.3) is 0 Å². The van der Waals surface area contributed by atoms with Crippen LogP contribution in [0.25, 0.3) is 56.6 Å². The Hall–Kier alpha value is -11.6. The molecule has 2 nitrogen and oxygen atoms in total. The van der Waals surface area contributed by atoms with E-state index in [0.717, 1.165) is 22.7 Å². The van der Waals surface area contributed by atoms with Gasteiger partial charge in [0.2, 0.25) is 0 Å². The summed E-state index contributed by atoms with van der Waals surface area (Å²) in [6.07, 6.45) is 8.79. The molecule has 0 N–H and O–H groups in total. The van der Waals surface area contributed by atoms with Crippen LogP contribution in [0, 0.1) is 55.4 Å². The molecular formula is C96H82N2. The van der Waals surface area contributed by atoms with Gasteiger partial charge < -0.3 is 9.80 Å². The van der Waals surface area contributed by atoms with Crippen molar-refractivity contribution in [2.24, 2.45) is 0 Å². The van der Waals surface area contributed by atoms with Gasteiger partial charge in [-0.3, -0.25) is 0 Å². The fraction of sp³-hybridized carbons (Fsp3) is 0.104. The van der Waals surface area contributed by atoms with Crippen LogP contribution in [0.4, 0.5) is 34.1 Å². The van der Waals surface area contributed by atoms with Crippen molar-refractivity contribution in [1.29, 1.82) is 0 Å². The lowest BCUT2D eigenvalue weighted by molar-refractivity contribution is 0.971. The highest BCUT2D eigenvalue weighted by Crippen LogP contribution is 2.48. The van der Waals surface area contributed by atoms with E-state index in [4.69, 9.17) is 0 Å². The van der Waals surface area contributed by atoms with Gasteiger partial charge in [0.1, 0.15) is 0 Å². The molecule has 0 aliphatic carbocycles. The van der Waals surface area contributed by atoms with E-state index in [2.05, 4.69) is 405 Å². The van der Waals surface area contributed by atoms with Crippen molar-refractivity contribution in [3.8, 4) is 0 Å². The summed E-state index contributed by atoms with van der Waals surface area (Å²) in [5.41, 5.74) is 29.7. The summed E-state index contributed by atoms with van der Waals surface area (Å²) < 4.78 is 0. The maximum atomic E-state index is 2.40. The molecule has 15 rings (SSSR count). The highest BCUT2D eigenvalue weighted by molar-refractivity contribution is 6.28. The molecule has 0 aliphatic rings. The second-order valence-corrected chi connectivity index (χ2v) is 26.8. The minimum atomic E-state index is 0.200. The van der Waals surface area contributed by atoms with Crippen LogP contribution in [0.3, 0.4) is 0 Å². The van der Waals surface area contributed by atoms with Crippen molar-refractivity contribution in [2.75, 3.05) is 9.80 Å². The Kier molecular flexibility index (Phi) is 18.5. The number of hydrogen-bond donors (Lipinski definition) is 0. The van der Waals surface area contributed by atoms with Crippen LogP contribution in [0.1, 0.15) is 112 Å². The van der Waals surface area contributed by atoms with Crippen LogP contribution in [0.2, 0.25) is 0 Å². The van der Waals surface area contributed by atoms with E-state index in [1.54, 1.807) is 0 Å². The van der Waals surface area contributed by atoms with E-state index in [0.29, 0.717) is 0 Å². The van der Waals surface area contributed by atoms with Crippen molar-refractivity contribution in [1.82, 2.24) is 0 Å². The average Bonchev–Trinajstić information content (AvgIpc) is 0.722. The zero-order valence-corrected chi connectivity index (χ0v) is 57.4. The van der Waals surface area contributed by atoms with Gasteiger partial charge in [-0.2, -0.15) is 0 Å². The molecule has 15 aromatic rings. The van der Waals surface area contributed by atoms with Gasteiger partial charge in [0.05, 0.1) is 11.4 Å². The van der Waals surface area contributed by atoms with Gasteiger partial charge in [0, 0.05) is 45.4 Å². The third-order valence-corrected chi connectivity index (χ3v) is 19.2. The quantitative estimate of drug-likeness (QED) is 0.0540. The lowest BCUT2D eigenvalue weighted by Crippen LogP contribution is -2.11. The summed E-state index contributed by atoms with van der Waals surface area (Å²) in [6, 6.07) is 116. The zero-order valence-electron chi connectivity index (χ0n) is 57.4. The van der Waals surface area contributed by atoms with Gasteiger partial charge in [-0.1, -0.05) is 324 Å². The van der Waals surface area contributed by atoms with Crippen LogP contribution in [0.5, 0.6) is 0 Å². The second-order valence-electron chi connectivity index (χ2n) is 26.8. The number of nitrogens with zero attached hydrogens (tertiary/aromatic N) is 2. The van der Waals surface area contributed by atoms with Crippen molar-refractivity contribution in [3.63, 3.8) is 0 Å². The molecule has 0 aromatic heterocycles. The SMILES string of the molecule is Cc1ccc(N(c2ccc(C)cc2)c2ccc3ccc4c(N(c5ccc(C)cc5)c5ccc(C)cc5)ccc5ccc2c3c54)cc1.Cc1cccc(C(c2ccc(/C=C/c3ccc(/C=C/c4ccc(C(c5cccc(C)c5)c5cccc(C)c5)cc4)cc3)cc2)c2cccc(C)c2)c1. The summed E-state index contributed by atoms with van der Waals surface area (Å²) >= 11 is 0. The molecule has 0 spiro atoms. The Morgan fingerprint density at radius 3 is 0.714 bits per heavy atom. The molecular weight excluding hydrogens is 1180 g/mol. The Labute approximate surface area is 579 Å². The Bertz CT molecular complexity index is 4790. The third-order valence-electron chi connectivity index (χ3n) is 19.2. The number of rotatable bonds is 16. The van der Waals surface area contributed by atoms with Gasteiger partial charge in [-0.25, -0.2) is 0 Å². The highest BCUT2D eigenvalue weighted by Gasteiger charge is 2.23. The molecule has 0 radical (unpaired) electrons. The lowest BCUT2D eigenvalue weighted by atomic mass is 9.84. The summed E-state index contributed by atoms with van der Waals surface area (Å²) in [6.45, 7) is 17.2. The predicted octanol–water partition coefficient (Wildman–Crippen LogP) is 26.4. The monoisotopic (exact) mass is 1260 g/mol. The molecule has 476 valence electrons. The van der Waals surface area contributed by atoms with Crippen molar-refractivity contribution in [3.05, 3.63) is 416 Å². The van der Waals surface area contributed by atoms with Crippen LogP contribution in [0.15, 0.2) is 315 Å². The molecule has 0 atom stereocenters. The number of hydrogen-bond acceptors (Lipinski definition) is 2. The minimum Gasteiger partial charge on any atom is -0.310 e. The zero-order chi connectivity index (χ0) is 67.2. The first kappa shape index (κ1) is 63.8. The van der Waals surface area contributed by atoms with Crippen LogP contribution < -0.4 is 9.80 Å². The van der Waals surface area contributed by atoms with Gasteiger partial charge in [-0.05, 0) is 193 Å². The predicted molar refractivity (Wildman–Crippen MR) is 422 cm³/mol. The van der Waals surface area contributed by atoms with E-state index >= 15 is 0 Å². The van der Waals surface area contributed by atoms with Crippen molar-refractivity contribution < 1.29 is 0 Å². The molecule has 0 saturated heterocycles. The van der Waals surface area contributed by atoms with Gasteiger partial charge in [-0.15, -0.1) is 0 Å². The largest absolute Gasteiger partial charge is 0.310 e. The number of anilines is 6.